The van der Waals surface area contributed by atoms with E-state index >= 15 is 0 Å². The Balaban J connectivity index is 1.76. The summed E-state index contributed by atoms with van der Waals surface area (Å²) in [6.07, 6.45) is 1.99. The lowest BCUT2D eigenvalue weighted by molar-refractivity contribution is -0.138. The van der Waals surface area contributed by atoms with E-state index in [2.05, 4.69) is 5.32 Å². The van der Waals surface area contributed by atoms with Crippen LogP contribution >= 0.6 is 0 Å². The molecule has 0 aromatic rings. The quantitative estimate of drug-likeness (QED) is 0.768. The van der Waals surface area contributed by atoms with Crippen molar-refractivity contribution in [3.8, 4) is 0 Å². The molecule has 20 heavy (non-hydrogen) atoms. The predicted molar refractivity (Wildman–Crippen MR) is 72.1 cm³/mol. The van der Waals surface area contributed by atoms with Gasteiger partial charge in [0, 0.05) is 25.6 Å². The van der Waals surface area contributed by atoms with E-state index in [1.807, 2.05) is 0 Å². The van der Waals surface area contributed by atoms with Crippen LogP contribution in [0, 0.1) is 5.92 Å². The zero-order valence-electron chi connectivity index (χ0n) is 11.2. The second kappa shape index (κ2) is 5.99. The van der Waals surface area contributed by atoms with E-state index in [4.69, 9.17) is 5.11 Å². The van der Waals surface area contributed by atoms with Gasteiger partial charge in [-0.05, 0) is 25.2 Å². The van der Waals surface area contributed by atoms with Gasteiger partial charge in [0.2, 0.25) is 0 Å². The molecule has 2 aliphatic heterocycles. The van der Waals surface area contributed by atoms with Gasteiger partial charge in [-0.25, -0.2) is 13.2 Å². The number of urea groups is 1. The highest BCUT2D eigenvalue weighted by molar-refractivity contribution is 7.91. The summed E-state index contributed by atoms with van der Waals surface area (Å²) in [5.74, 6) is -0.514. The van der Waals surface area contributed by atoms with Gasteiger partial charge < -0.3 is 15.3 Å². The molecule has 0 spiro atoms. The van der Waals surface area contributed by atoms with E-state index in [0.29, 0.717) is 32.4 Å². The van der Waals surface area contributed by atoms with Gasteiger partial charge in [0.1, 0.15) is 0 Å². The first-order chi connectivity index (χ1) is 9.35. The minimum atomic E-state index is -2.99. The van der Waals surface area contributed by atoms with Crippen molar-refractivity contribution in [2.45, 2.75) is 31.7 Å². The Morgan fingerprint density at radius 2 is 1.85 bits per heavy atom. The van der Waals surface area contributed by atoms with Crippen LogP contribution in [0.5, 0.6) is 0 Å². The monoisotopic (exact) mass is 304 g/mol. The lowest BCUT2D eigenvalue weighted by Crippen LogP contribution is -2.48. The maximum absolute atomic E-state index is 12.0. The fourth-order valence-electron chi connectivity index (χ4n) is 2.76. The SMILES string of the molecule is O=C(O)CC1CCN(C(=O)NC2CCS(=O)(=O)C2)CC1. The first-order valence-corrected chi connectivity index (χ1v) is 8.65. The summed E-state index contributed by atoms with van der Waals surface area (Å²) in [4.78, 5) is 24.3. The highest BCUT2D eigenvalue weighted by Gasteiger charge is 2.31. The first kappa shape index (κ1) is 15.1. The fourth-order valence-corrected chi connectivity index (χ4v) is 4.44. The van der Waals surface area contributed by atoms with Crippen molar-refractivity contribution in [1.29, 1.82) is 0 Å². The summed E-state index contributed by atoms with van der Waals surface area (Å²) in [6, 6.07) is -0.523. The number of carboxylic acid groups (broad SMARTS) is 1. The highest BCUT2D eigenvalue weighted by Crippen LogP contribution is 2.21. The normalized spacial score (nSPS) is 26.4. The van der Waals surface area contributed by atoms with E-state index in [1.54, 1.807) is 4.90 Å². The van der Waals surface area contributed by atoms with E-state index in [0.717, 1.165) is 0 Å². The number of likely N-dealkylation sites (tertiary alicyclic amines) is 1. The predicted octanol–water partition coefficient (Wildman–Crippen LogP) is 0.0698. The minimum absolute atomic E-state index is 0.0220. The van der Waals surface area contributed by atoms with Gasteiger partial charge >= 0.3 is 12.0 Å². The molecule has 114 valence electrons. The molecule has 2 fully saturated rings. The molecule has 0 aromatic carbocycles. The molecule has 0 aromatic heterocycles. The molecule has 2 saturated heterocycles. The number of amides is 2. The van der Waals surface area contributed by atoms with Gasteiger partial charge in [0.15, 0.2) is 9.84 Å². The van der Waals surface area contributed by atoms with Crippen molar-refractivity contribution in [3.63, 3.8) is 0 Å². The number of carboxylic acids is 1. The molecule has 8 heteroatoms. The van der Waals surface area contributed by atoms with Gasteiger partial charge in [-0.15, -0.1) is 0 Å². The Bertz CT molecular complexity index is 482. The van der Waals surface area contributed by atoms with Crippen molar-refractivity contribution < 1.29 is 23.1 Å². The molecule has 2 N–H and O–H groups in total. The van der Waals surface area contributed by atoms with Crippen LogP contribution in [0.4, 0.5) is 4.79 Å². The third-order valence-corrected chi connectivity index (χ3v) is 5.69. The van der Waals surface area contributed by atoms with Crippen LogP contribution in [-0.4, -0.2) is 61.1 Å². The third-order valence-electron chi connectivity index (χ3n) is 3.93. The van der Waals surface area contributed by atoms with E-state index < -0.39 is 15.8 Å². The third kappa shape index (κ3) is 4.09. The van der Waals surface area contributed by atoms with Crippen LogP contribution in [0.25, 0.3) is 0 Å². The molecule has 2 amide bonds. The molecule has 2 rings (SSSR count). The maximum Gasteiger partial charge on any atom is 0.317 e. The van der Waals surface area contributed by atoms with Crippen LogP contribution in [0.2, 0.25) is 0 Å². The summed E-state index contributed by atoms with van der Waals surface area (Å²) in [6.45, 7) is 1.06. The van der Waals surface area contributed by atoms with Crippen LogP contribution in [0.1, 0.15) is 25.7 Å². The summed E-state index contributed by atoms with van der Waals surface area (Å²) >= 11 is 0. The highest BCUT2D eigenvalue weighted by atomic mass is 32.2. The largest absolute Gasteiger partial charge is 0.481 e. The van der Waals surface area contributed by atoms with Crippen molar-refractivity contribution in [2.24, 2.45) is 5.92 Å². The summed E-state index contributed by atoms with van der Waals surface area (Å²) in [5, 5.41) is 11.5. The van der Waals surface area contributed by atoms with E-state index in [-0.39, 0.29) is 35.9 Å². The van der Waals surface area contributed by atoms with Crippen LogP contribution in [-0.2, 0) is 14.6 Å². The first-order valence-electron chi connectivity index (χ1n) is 6.83. The summed E-state index contributed by atoms with van der Waals surface area (Å²) in [5.41, 5.74) is 0. The Morgan fingerprint density at radius 3 is 2.35 bits per heavy atom. The minimum Gasteiger partial charge on any atom is -0.481 e. The number of aliphatic carboxylic acids is 1. The lowest BCUT2D eigenvalue weighted by atomic mass is 9.94. The molecule has 7 nitrogen and oxygen atoms in total. The number of hydrogen-bond acceptors (Lipinski definition) is 4. The van der Waals surface area contributed by atoms with Gasteiger partial charge in [-0.3, -0.25) is 4.79 Å². The number of carbonyl (C=O) groups is 2. The second-order valence-corrected chi connectivity index (χ2v) is 7.81. The van der Waals surface area contributed by atoms with Crippen molar-refractivity contribution in [2.75, 3.05) is 24.6 Å². The van der Waals surface area contributed by atoms with Gasteiger partial charge in [0.05, 0.1) is 11.5 Å². The van der Waals surface area contributed by atoms with Crippen molar-refractivity contribution in [1.82, 2.24) is 10.2 Å². The van der Waals surface area contributed by atoms with E-state index in [1.165, 1.54) is 0 Å². The zero-order chi connectivity index (χ0) is 14.8. The Labute approximate surface area is 118 Å². The lowest BCUT2D eigenvalue weighted by Gasteiger charge is -2.32. The molecule has 0 saturated carbocycles. The second-order valence-electron chi connectivity index (χ2n) is 5.58. The summed E-state index contributed by atoms with van der Waals surface area (Å²) < 4.78 is 22.6. The molecule has 0 radical (unpaired) electrons. The molecular formula is C12H20N2O5S. The van der Waals surface area contributed by atoms with Crippen LogP contribution in [0.15, 0.2) is 0 Å². The smallest absolute Gasteiger partial charge is 0.317 e. The maximum atomic E-state index is 12.0. The number of carbonyl (C=O) groups excluding carboxylic acids is 1. The average molecular weight is 304 g/mol. The molecule has 1 unspecified atom stereocenters. The molecule has 2 heterocycles. The zero-order valence-corrected chi connectivity index (χ0v) is 12.1. The molecule has 0 aliphatic carbocycles. The van der Waals surface area contributed by atoms with Crippen LogP contribution < -0.4 is 5.32 Å². The number of sulfone groups is 1. The topological polar surface area (TPSA) is 104 Å². The number of nitrogens with one attached hydrogen (secondary N) is 1. The molecular weight excluding hydrogens is 284 g/mol. The van der Waals surface area contributed by atoms with E-state index in [9.17, 15) is 18.0 Å². The van der Waals surface area contributed by atoms with Gasteiger partial charge in [-0.1, -0.05) is 0 Å². The fraction of sp³-hybridized carbons (Fsp3) is 0.833. The molecule has 2 aliphatic rings. The number of hydrogen-bond donors (Lipinski definition) is 2. The average Bonchev–Trinajstić information content (AvgIpc) is 2.68. The Morgan fingerprint density at radius 1 is 1.20 bits per heavy atom. The summed E-state index contributed by atoms with van der Waals surface area (Å²) in [7, 11) is -2.99. The Kier molecular flexibility index (Phi) is 4.52. The van der Waals surface area contributed by atoms with Crippen molar-refractivity contribution in [3.05, 3.63) is 0 Å². The van der Waals surface area contributed by atoms with Crippen LogP contribution in [0.3, 0.4) is 0 Å². The van der Waals surface area contributed by atoms with Crippen molar-refractivity contribution >= 4 is 21.8 Å². The van der Waals surface area contributed by atoms with Gasteiger partial charge in [0.25, 0.3) is 0 Å². The molecule has 0 bridgehead atoms. The number of rotatable bonds is 3. The molecule has 1 atom stereocenters. The number of piperidine rings is 1. The standard InChI is InChI=1S/C12H20N2O5S/c15-11(16)7-9-1-4-14(5-2-9)12(17)13-10-3-6-20(18,19)8-10/h9-10H,1-8H2,(H,13,17)(H,15,16). The number of nitrogens with zero attached hydrogens (tertiary/aromatic N) is 1. The van der Waals surface area contributed by atoms with Gasteiger partial charge in [-0.2, -0.15) is 0 Å². The Hall–Kier alpha value is -1.31.